The van der Waals surface area contributed by atoms with Crippen molar-refractivity contribution in [1.82, 2.24) is 9.47 Å². The number of nitrogens with zero attached hydrogens (tertiary/aromatic N) is 4. The van der Waals surface area contributed by atoms with Crippen LogP contribution in [-0.4, -0.2) is 23.6 Å². The summed E-state index contributed by atoms with van der Waals surface area (Å²) in [5.41, 5.74) is 1.63. The molecule has 0 atom stereocenters. The lowest BCUT2D eigenvalue weighted by atomic mass is 10.2. The van der Waals surface area contributed by atoms with E-state index < -0.39 is 0 Å². The van der Waals surface area contributed by atoms with Crippen molar-refractivity contribution in [3.63, 3.8) is 0 Å². The van der Waals surface area contributed by atoms with Gasteiger partial charge in [0.2, 0.25) is 0 Å². The van der Waals surface area contributed by atoms with Crippen LogP contribution in [0.25, 0.3) is 5.70 Å². The number of hydrogen-bond acceptors (Lipinski definition) is 3. The Kier molecular flexibility index (Phi) is 3.15. The van der Waals surface area contributed by atoms with E-state index in [1.165, 1.54) is 0 Å². The van der Waals surface area contributed by atoms with Gasteiger partial charge in [0.05, 0.1) is 11.4 Å². The molecule has 0 aliphatic heterocycles. The van der Waals surface area contributed by atoms with Gasteiger partial charge < -0.3 is 9.47 Å². The van der Waals surface area contributed by atoms with Crippen molar-refractivity contribution in [1.29, 1.82) is 10.5 Å². The van der Waals surface area contributed by atoms with Gasteiger partial charge in [-0.05, 0) is 12.1 Å². The molecule has 0 saturated heterocycles. The highest BCUT2D eigenvalue weighted by Crippen LogP contribution is 2.20. The minimum Gasteiger partial charge on any atom is -0.374 e. The molecule has 0 N–H and O–H groups in total. The molecule has 0 saturated carbocycles. The van der Waals surface area contributed by atoms with Crippen molar-refractivity contribution >= 4 is 5.70 Å². The van der Waals surface area contributed by atoms with Crippen molar-refractivity contribution < 1.29 is 0 Å². The van der Waals surface area contributed by atoms with Crippen molar-refractivity contribution in [2.45, 2.75) is 0 Å². The van der Waals surface area contributed by atoms with Gasteiger partial charge in [-0.25, -0.2) is 0 Å². The zero-order valence-electron chi connectivity index (χ0n) is 9.02. The van der Waals surface area contributed by atoms with E-state index in [2.05, 4.69) is 0 Å². The molecule has 15 heavy (non-hydrogen) atoms. The van der Waals surface area contributed by atoms with Crippen LogP contribution in [0.3, 0.4) is 0 Å². The molecule has 0 amide bonds. The van der Waals surface area contributed by atoms with E-state index in [1.54, 1.807) is 4.90 Å². The Balaban J connectivity index is 3.42. The SMILES string of the molecule is CN(C)C(=C(C#N)C#N)c1cccn1C. The minimum atomic E-state index is 0.127. The molecular weight excluding hydrogens is 188 g/mol. The van der Waals surface area contributed by atoms with Crippen LogP contribution in [0.4, 0.5) is 0 Å². The van der Waals surface area contributed by atoms with Gasteiger partial charge in [0.1, 0.15) is 12.1 Å². The topological polar surface area (TPSA) is 55.8 Å². The molecule has 4 nitrogen and oxygen atoms in total. The molecule has 0 aliphatic carbocycles. The zero-order valence-corrected chi connectivity index (χ0v) is 9.02. The van der Waals surface area contributed by atoms with Crippen LogP contribution in [0.15, 0.2) is 23.9 Å². The number of aromatic nitrogens is 1. The first-order valence-corrected chi connectivity index (χ1v) is 4.45. The Labute approximate surface area is 89.3 Å². The molecule has 0 aliphatic rings. The molecule has 0 unspecified atom stereocenters. The predicted molar refractivity (Wildman–Crippen MR) is 57.2 cm³/mol. The van der Waals surface area contributed by atoms with Gasteiger partial charge in [-0.3, -0.25) is 0 Å². The predicted octanol–water partition coefficient (Wildman–Crippen LogP) is 1.34. The third-order valence-electron chi connectivity index (χ3n) is 2.09. The Morgan fingerprint density at radius 1 is 1.33 bits per heavy atom. The second-order valence-electron chi connectivity index (χ2n) is 3.35. The molecule has 76 valence electrons. The maximum atomic E-state index is 8.87. The standard InChI is InChI=1S/C11H12N4/c1-14(2)11(9(7-12)8-13)10-5-4-6-15(10)3/h4-6H,1-3H3. The summed E-state index contributed by atoms with van der Waals surface area (Å²) < 4.78 is 1.88. The lowest BCUT2D eigenvalue weighted by Gasteiger charge is -2.17. The third-order valence-corrected chi connectivity index (χ3v) is 2.09. The van der Waals surface area contributed by atoms with Gasteiger partial charge in [-0.1, -0.05) is 0 Å². The Bertz CT molecular complexity index is 450. The zero-order chi connectivity index (χ0) is 11.4. The van der Waals surface area contributed by atoms with Crippen LogP contribution in [-0.2, 0) is 7.05 Å². The molecule has 0 bridgehead atoms. The summed E-state index contributed by atoms with van der Waals surface area (Å²) >= 11 is 0. The molecule has 0 spiro atoms. The largest absolute Gasteiger partial charge is 0.374 e. The highest BCUT2D eigenvalue weighted by atomic mass is 15.1. The molecule has 1 heterocycles. The normalized spacial score (nSPS) is 8.87. The fourth-order valence-corrected chi connectivity index (χ4v) is 1.42. The summed E-state index contributed by atoms with van der Waals surface area (Å²) in [4.78, 5) is 1.77. The smallest absolute Gasteiger partial charge is 0.155 e. The molecular formula is C11H12N4. The lowest BCUT2D eigenvalue weighted by molar-refractivity contribution is 0.582. The molecule has 0 radical (unpaired) electrons. The molecule has 1 rings (SSSR count). The van der Waals surface area contributed by atoms with E-state index in [0.29, 0.717) is 5.70 Å². The van der Waals surface area contributed by atoms with E-state index in [4.69, 9.17) is 10.5 Å². The van der Waals surface area contributed by atoms with Gasteiger partial charge >= 0.3 is 0 Å². The van der Waals surface area contributed by atoms with Crippen molar-refractivity contribution in [3.8, 4) is 12.1 Å². The summed E-state index contributed by atoms with van der Waals surface area (Å²) in [6.45, 7) is 0. The molecule has 0 fully saturated rings. The number of rotatable bonds is 2. The third kappa shape index (κ3) is 2.00. The van der Waals surface area contributed by atoms with Crippen molar-refractivity contribution in [2.75, 3.05) is 14.1 Å². The Hall–Kier alpha value is -2.20. The van der Waals surface area contributed by atoms with E-state index >= 15 is 0 Å². The molecule has 0 aromatic carbocycles. The first-order chi connectivity index (χ1) is 7.11. The van der Waals surface area contributed by atoms with Gasteiger partial charge in [0, 0.05) is 27.3 Å². The summed E-state index contributed by atoms with van der Waals surface area (Å²) in [6.07, 6.45) is 1.88. The average Bonchev–Trinajstić information content (AvgIpc) is 2.60. The fraction of sp³-hybridized carbons (Fsp3) is 0.273. The minimum absolute atomic E-state index is 0.127. The van der Waals surface area contributed by atoms with Crippen LogP contribution in [0.5, 0.6) is 0 Å². The lowest BCUT2D eigenvalue weighted by Crippen LogP contribution is -2.14. The summed E-state index contributed by atoms with van der Waals surface area (Å²) in [6, 6.07) is 7.58. The summed E-state index contributed by atoms with van der Waals surface area (Å²) in [5.74, 6) is 0. The van der Waals surface area contributed by atoms with Crippen molar-refractivity contribution in [3.05, 3.63) is 29.6 Å². The number of hydrogen-bond donors (Lipinski definition) is 0. The number of allylic oxidation sites excluding steroid dienone is 1. The van der Waals surface area contributed by atoms with Crippen LogP contribution in [0.2, 0.25) is 0 Å². The molecule has 1 aromatic heterocycles. The first kappa shape index (κ1) is 10.9. The summed E-state index contributed by atoms with van der Waals surface area (Å²) in [5, 5.41) is 17.7. The molecule has 1 aromatic rings. The van der Waals surface area contributed by atoms with Crippen LogP contribution in [0.1, 0.15) is 5.69 Å². The Morgan fingerprint density at radius 3 is 2.27 bits per heavy atom. The average molecular weight is 200 g/mol. The quantitative estimate of drug-likeness (QED) is 0.677. The van der Waals surface area contributed by atoms with Gasteiger partial charge in [0.15, 0.2) is 5.57 Å². The monoisotopic (exact) mass is 200 g/mol. The number of aryl methyl sites for hydroxylation is 1. The summed E-state index contributed by atoms with van der Waals surface area (Å²) in [7, 11) is 5.51. The van der Waals surface area contributed by atoms with Gasteiger partial charge in [-0.2, -0.15) is 10.5 Å². The van der Waals surface area contributed by atoms with E-state index in [0.717, 1.165) is 5.69 Å². The van der Waals surface area contributed by atoms with Crippen molar-refractivity contribution in [2.24, 2.45) is 7.05 Å². The number of nitriles is 2. The van der Waals surface area contributed by atoms with Gasteiger partial charge in [0.25, 0.3) is 0 Å². The Morgan fingerprint density at radius 2 is 1.93 bits per heavy atom. The maximum absolute atomic E-state index is 8.87. The highest BCUT2D eigenvalue weighted by molar-refractivity contribution is 5.72. The second-order valence-corrected chi connectivity index (χ2v) is 3.35. The maximum Gasteiger partial charge on any atom is 0.155 e. The second kappa shape index (κ2) is 4.34. The first-order valence-electron chi connectivity index (χ1n) is 4.45. The molecule has 4 heteroatoms. The fourth-order valence-electron chi connectivity index (χ4n) is 1.42. The van der Waals surface area contributed by atoms with E-state index in [1.807, 2.05) is 56.2 Å². The van der Waals surface area contributed by atoms with E-state index in [9.17, 15) is 0 Å². The highest BCUT2D eigenvalue weighted by Gasteiger charge is 2.13. The van der Waals surface area contributed by atoms with Crippen LogP contribution < -0.4 is 0 Å². The van der Waals surface area contributed by atoms with Gasteiger partial charge in [-0.15, -0.1) is 0 Å². The van der Waals surface area contributed by atoms with Crippen LogP contribution >= 0.6 is 0 Å². The van der Waals surface area contributed by atoms with E-state index in [-0.39, 0.29) is 5.57 Å². The van der Waals surface area contributed by atoms with Crippen LogP contribution in [0, 0.1) is 22.7 Å².